The SMILES string of the molecule is CCCC1(C(=O)NC2CCOC2C2CC2)CCNCC1. The van der Waals surface area contributed by atoms with Crippen LogP contribution in [0.15, 0.2) is 0 Å². The van der Waals surface area contributed by atoms with Crippen molar-refractivity contribution in [2.45, 2.75) is 64.0 Å². The van der Waals surface area contributed by atoms with E-state index >= 15 is 0 Å². The van der Waals surface area contributed by atoms with Crippen molar-refractivity contribution in [1.82, 2.24) is 10.6 Å². The molecule has 0 spiro atoms. The lowest BCUT2D eigenvalue weighted by atomic mass is 9.74. The molecule has 0 aromatic rings. The molecule has 3 fully saturated rings. The van der Waals surface area contributed by atoms with Gasteiger partial charge in [0.1, 0.15) is 0 Å². The van der Waals surface area contributed by atoms with E-state index in [0.29, 0.717) is 17.9 Å². The quantitative estimate of drug-likeness (QED) is 0.808. The molecular weight excluding hydrogens is 252 g/mol. The summed E-state index contributed by atoms with van der Waals surface area (Å²) in [5.74, 6) is 1.000. The number of piperidine rings is 1. The van der Waals surface area contributed by atoms with Crippen LogP contribution in [0.25, 0.3) is 0 Å². The first-order valence-corrected chi connectivity index (χ1v) is 8.38. The lowest BCUT2D eigenvalue weighted by Gasteiger charge is -2.37. The molecule has 2 atom stereocenters. The zero-order valence-corrected chi connectivity index (χ0v) is 12.6. The highest BCUT2D eigenvalue weighted by atomic mass is 16.5. The fraction of sp³-hybridized carbons (Fsp3) is 0.938. The van der Waals surface area contributed by atoms with E-state index in [1.165, 1.54) is 12.8 Å². The molecule has 2 saturated heterocycles. The Morgan fingerprint density at radius 1 is 1.30 bits per heavy atom. The van der Waals surface area contributed by atoms with Gasteiger partial charge in [-0.25, -0.2) is 0 Å². The predicted molar refractivity (Wildman–Crippen MR) is 78.5 cm³/mol. The molecular formula is C16H28N2O2. The highest BCUT2D eigenvalue weighted by Gasteiger charge is 2.44. The van der Waals surface area contributed by atoms with Gasteiger partial charge in [0, 0.05) is 6.61 Å². The van der Waals surface area contributed by atoms with Crippen molar-refractivity contribution in [2.24, 2.45) is 11.3 Å². The van der Waals surface area contributed by atoms with E-state index in [2.05, 4.69) is 17.6 Å². The van der Waals surface area contributed by atoms with Crippen LogP contribution in [0.1, 0.15) is 51.9 Å². The van der Waals surface area contributed by atoms with E-state index in [0.717, 1.165) is 51.8 Å². The summed E-state index contributed by atoms with van der Waals surface area (Å²) in [4.78, 5) is 12.9. The average molecular weight is 280 g/mol. The number of amides is 1. The van der Waals surface area contributed by atoms with Crippen LogP contribution < -0.4 is 10.6 Å². The van der Waals surface area contributed by atoms with E-state index in [1.807, 2.05) is 0 Å². The Hall–Kier alpha value is -0.610. The number of carbonyl (C=O) groups is 1. The Balaban J connectivity index is 1.63. The summed E-state index contributed by atoms with van der Waals surface area (Å²) in [6.07, 6.45) is 7.90. The fourth-order valence-electron chi connectivity index (χ4n) is 3.95. The number of hydrogen-bond donors (Lipinski definition) is 2. The van der Waals surface area contributed by atoms with Gasteiger partial charge in [-0.2, -0.15) is 0 Å². The molecule has 3 rings (SSSR count). The number of nitrogens with one attached hydrogen (secondary N) is 2. The first-order valence-electron chi connectivity index (χ1n) is 8.38. The molecule has 1 aliphatic carbocycles. The molecule has 114 valence electrons. The topological polar surface area (TPSA) is 50.4 Å². The second-order valence-corrected chi connectivity index (χ2v) is 6.82. The maximum atomic E-state index is 12.9. The predicted octanol–water partition coefficient (Wildman–Crippen LogP) is 1.84. The Morgan fingerprint density at radius 2 is 2.05 bits per heavy atom. The Morgan fingerprint density at radius 3 is 2.70 bits per heavy atom. The Labute approximate surface area is 122 Å². The highest BCUT2D eigenvalue weighted by molar-refractivity contribution is 5.83. The first-order chi connectivity index (χ1) is 9.75. The number of ether oxygens (including phenoxy) is 1. The molecule has 2 N–H and O–H groups in total. The lowest BCUT2D eigenvalue weighted by Crippen LogP contribution is -2.52. The molecule has 4 heteroatoms. The Kier molecular flexibility index (Phi) is 4.32. The van der Waals surface area contributed by atoms with Gasteiger partial charge in [-0.1, -0.05) is 13.3 Å². The molecule has 0 bridgehead atoms. The molecule has 2 heterocycles. The van der Waals surface area contributed by atoms with E-state index in [9.17, 15) is 4.79 Å². The third kappa shape index (κ3) is 2.86. The van der Waals surface area contributed by atoms with Crippen LogP contribution in [0, 0.1) is 11.3 Å². The highest BCUT2D eigenvalue weighted by Crippen LogP contribution is 2.40. The van der Waals surface area contributed by atoms with Crippen LogP contribution in [0.2, 0.25) is 0 Å². The molecule has 0 aromatic heterocycles. The molecule has 2 aliphatic heterocycles. The summed E-state index contributed by atoms with van der Waals surface area (Å²) < 4.78 is 5.84. The lowest BCUT2D eigenvalue weighted by molar-refractivity contribution is -0.134. The van der Waals surface area contributed by atoms with Crippen molar-refractivity contribution in [1.29, 1.82) is 0 Å². The van der Waals surface area contributed by atoms with Crippen molar-refractivity contribution in [3.8, 4) is 0 Å². The summed E-state index contributed by atoms with van der Waals surface area (Å²) in [6.45, 7) is 4.94. The summed E-state index contributed by atoms with van der Waals surface area (Å²) in [5.41, 5.74) is -0.128. The summed E-state index contributed by atoms with van der Waals surface area (Å²) >= 11 is 0. The van der Waals surface area contributed by atoms with Crippen molar-refractivity contribution >= 4 is 5.91 Å². The maximum Gasteiger partial charge on any atom is 0.226 e. The zero-order valence-electron chi connectivity index (χ0n) is 12.6. The van der Waals surface area contributed by atoms with Gasteiger partial charge in [-0.05, 0) is 57.5 Å². The Bertz CT molecular complexity index is 343. The molecule has 0 aromatic carbocycles. The minimum Gasteiger partial charge on any atom is -0.376 e. The number of rotatable bonds is 5. The van der Waals surface area contributed by atoms with Gasteiger partial charge in [0.25, 0.3) is 0 Å². The van der Waals surface area contributed by atoms with Crippen LogP contribution in [-0.2, 0) is 9.53 Å². The second kappa shape index (κ2) is 6.02. The van der Waals surface area contributed by atoms with Crippen LogP contribution in [0.4, 0.5) is 0 Å². The molecule has 1 saturated carbocycles. The minimum absolute atomic E-state index is 0.128. The van der Waals surface area contributed by atoms with Crippen molar-refractivity contribution in [3.63, 3.8) is 0 Å². The summed E-state index contributed by atoms with van der Waals surface area (Å²) in [6, 6.07) is 0.263. The van der Waals surface area contributed by atoms with E-state index in [1.54, 1.807) is 0 Å². The number of hydrogen-bond acceptors (Lipinski definition) is 3. The maximum absolute atomic E-state index is 12.9. The van der Waals surface area contributed by atoms with Gasteiger partial charge < -0.3 is 15.4 Å². The normalized spacial score (nSPS) is 33.0. The van der Waals surface area contributed by atoms with Crippen LogP contribution in [0.5, 0.6) is 0 Å². The van der Waals surface area contributed by atoms with Crippen molar-refractivity contribution in [2.75, 3.05) is 19.7 Å². The van der Waals surface area contributed by atoms with Gasteiger partial charge >= 0.3 is 0 Å². The van der Waals surface area contributed by atoms with Crippen LogP contribution in [-0.4, -0.2) is 37.7 Å². The number of carbonyl (C=O) groups excluding carboxylic acids is 1. The first kappa shape index (κ1) is 14.3. The van der Waals surface area contributed by atoms with Crippen LogP contribution in [0.3, 0.4) is 0 Å². The van der Waals surface area contributed by atoms with Gasteiger partial charge in [-0.3, -0.25) is 4.79 Å². The third-order valence-corrected chi connectivity index (χ3v) is 5.31. The monoisotopic (exact) mass is 280 g/mol. The zero-order chi connectivity index (χ0) is 14.0. The van der Waals surface area contributed by atoms with Gasteiger partial charge in [0.2, 0.25) is 5.91 Å². The molecule has 0 radical (unpaired) electrons. The van der Waals surface area contributed by atoms with E-state index in [-0.39, 0.29) is 11.5 Å². The molecule has 4 nitrogen and oxygen atoms in total. The molecule has 3 aliphatic rings. The van der Waals surface area contributed by atoms with Gasteiger partial charge in [0.05, 0.1) is 17.6 Å². The minimum atomic E-state index is -0.128. The van der Waals surface area contributed by atoms with Gasteiger partial charge in [0.15, 0.2) is 0 Å². The average Bonchev–Trinajstić information content (AvgIpc) is 3.20. The summed E-state index contributed by atoms with van der Waals surface area (Å²) in [7, 11) is 0. The van der Waals surface area contributed by atoms with Crippen LogP contribution >= 0.6 is 0 Å². The second-order valence-electron chi connectivity index (χ2n) is 6.82. The standard InChI is InChI=1S/C16H28N2O2/c1-2-6-16(7-9-17-10-8-16)15(19)18-13-5-11-20-14(13)12-3-4-12/h12-14,17H,2-11H2,1H3,(H,18,19). The van der Waals surface area contributed by atoms with Crippen molar-refractivity contribution < 1.29 is 9.53 Å². The smallest absolute Gasteiger partial charge is 0.226 e. The molecule has 20 heavy (non-hydrogen) atoms. The van der Waals surface area contributed by atoms with E-state index in [4.69, 9.17) is 4.74 Å². The molecule has 1 amide bonds. The van der Waals surface area contributed by atoms with Gasteiger partial charge in [-0.15, -0.1) is 0 Å². The van der Waals surface area contributed by atoms with E-state index < -0.39 is 0 Å². The summed E-state index contributed by atoms with van der Waals surface area (Å²) in [5, 5.41) is 6.73. The third-order valence-electron chi connectivity index (χ3n) is 5.31. The molecule has 2 unspecified atom stereocenters. The largest absolute Gasteiger partial charge is 0.376 e. The fourth-order valence-corrected chi connectivity index (χ4v) is 3.95. The van der Waals surface area contributed by atoms with Crippen molar-refractivity contribution in [3.05, 3.63) is 0 Å².